The van der Waals surface area contributed by atoms with Crippen molar-refractivity contribution in [2.75, 3.05) is 6.61 Å². The van der Waals surface area contributed by atoms with Gasteiger partial charge < -0.3 is 9.47 Å². The van der Waals surface area contributed by atoms with Crippen LogP contribution in [0.5, 0.6) is 11.5 Å². The molecular formula is C24H22Br3NO4. The third kappa shape index (κ3) is 7.88. The third-order valence-electron chi connectivity index (χ3n) is 4.52. The molecule has 0 saturated carbocycles. The molecule has 0 aliphatic heterocycles. The van der Waals surface area contributed by atoms with Crippen molar-refractivity contribution in [1.82, 2.24) is 0 Å². The van der Waals surface area contributed by atoms with Gasteiger partial charge in [-0.25, -0.2) is 4.79 Å². The second kappa shape index (κ2) is 12.9. The summed E-state index contributed by atoms with van der Waals surface area (Å²) in [7, 11) is 0. The molecule has 32 heavy (non-hydrogen) atoms. The molecule has 0 N–H and O–H groups in total. The molecule has 0 saturated heterocycles. The van der Waals surface area contributed by atoms with E-state index in [0.29, 0.717) is 54.6 Å². The van der Waals surface area contributed by atoms with Crippen molar-refractivity contribution in [3.63, 3.8) is 0 Å². The monoisotopic (exact) mass is 625 g/mol. The fraction of sp³-hybridized carbons (Fsp3) is 0.292. The fourth-order valence-electron chi connectivity index (χ4n) is 2.76. The van der Waals surface area contributed by atoms with Gasteiger partial charge in [-0.05, 0) is 103 Å². The largest absolute Gasteiger partial charge is 0.492 e. The van der Waals surface area contributed by atoms with E-state index in [1.807, 2.05) is 6.07 Å². The van der Waals surface area contributed by atoms with Gasteiger partial charge in [-0.1, -0.05) is 19.4 Å². The Labute approximate surface area is 213 Å². The lowest BCUT2D eigenvalue weighted by atomic mass is 10.1. The number of benzene rings is 2. The second-order valence-corrected chi connectivity index (χ2v) is 9.69. The normalized spacial score (nSPS) is 10.3. The number of unbranched alkanes of at least 4 members (excludes halogenated alkanes) is 3. The van der Waals surface area contributed by atoms with Crippen LogP contribution in [-0.4, -0.2) is 18.4 Å². The average Bonchev–Trinajstić information content (AvgIpc) is 2.75. The van der Waals surface area contributed by atoms with Gasteiger partial charge in [0.15, 0.2) is 11.5 Å². The molecule has 2 aromatic rings. The van der Waals surface area contributed by atoms with Crippen LogP contribution in [0, 0.1) is 11.3 Å². The van der Waals surface area contributed by atoms with Crippen LogP contribution >= 0.6 is 47.8 Å². The highest BCUT2D eigenvalue weighted by Crippen LogP contribution is 2.35. The summed E-state index contributed by atoms with van der Waals surface area (Å²) in [5, 5.41) is 9.02. The van der Waals surface area contributed by atoms with Crippen LogP contribution in [0.1, 0.15) is 54.9 Å². The highest BCUT2D eigenvalue weighted by Gasteiger charge is 2.16. The van der Waals surface area contributed by atoms with Crippen LogP contribution in [0.25, 0.3) is 0 Å². The number of nitriles is 1. The molecule has 0 spiro atoms. The number of hydrogen-bond acceptors (Lipinski definition) is 5. The minimum atomic E-state index is -0.535. The van der Waals surface area contributed by atoms with Crippen LogP contribution < -0.4 is 9.47 Å². The van der Waals surface area contributed by atoms with Gasteiger partial charge in [0.05, 0.1) is 37.2 Å². The van der Waals surface area contributed by atoms with Crippen LogP contribution in [0.3, 0.4) is 0 Å². The zero-order valence-corrected chi connectivity index (χ0v) is 22.3. The summed E-state index contributed by atoms with van der Waals surface area (Å²) in [6.45, 7) is 5.94. The molecule has 0 aliphatic rings. The Hall–Kier alpha value is -1.95. The van der Waals surface area contributed by atoms with E-state index in [2.05, 4.69) is 54.4 Å². The number of halogens is 3. The fourth-order valence-corrected chi connectivity index (χ4v) is 4.60. The summed E-state index contributed by atoms with van der Waals surface area (Å²) < 4.78 is 12.9. The van der Waals surface area contributed by atoms with Gasteiger partial charge >= 0.3 is 5.97 Å². The van der Waals surface area contributed by atoms with Crippen LogP contribution in [-0.2, 0) is 4.79 Å². The first-order valence-electron chi connectivity index (χ1n) is 9.95. The van der Waals surface area contributed by atoms with Gasteiger partial charge in [-0.3, -0.25) is 4.79 Å². The van der Waals surface area contributed by atoms with Crippen molar-refractivity contribution in [2.45, 2.75) is 39.0 Å². The maximum atomic E-state index is 12.6. The van der Waals surface area contributed by atoms with Crippen LogP contribution in [0.4, 0.5) is 0 Å². The van der Waals surface area contributed by atoms with Crippen molar-refractivity contribution < 1.29 is 19.1 Å². The molecule has 0 heterocycles. The number of nitrogens with zero attached hydrogens (tertiary/aromatic N) is 1. The minimum Gasteiger partial charge on any atom is -0.492 e. The van der Waals surface area contributed by atoms with Crippen LogP contribution in [0.15, 0.2) is 55.9 Å². The number of carbonyl (C=O) groups excluding carboxylic acids is 2. The standard InChI is InChI=1S/C24H22Br3NO4/c1-15(2)21(29)7-5-3-4-6-10-31-22-9-8-17(13-18(22)25)24(30)32-23-19(26)11-16(14-28)12-20(23)27/h8-9,11-13H,1,3-7,10H2,2H3. The first-order valence-corrected chi connectivity index (χ1v) is 12.3. The summed E-state index contributed by atoms with van der Waals surface area (Å²) in [6, 6.07) is 10.2. The smallest absolute Gasteiger partial charge is 0.343 e. The highest BCUT2D eigenvalue weighted by atomic mass is 79.9. The Kier molecular flexibility index (Phi) is 10.6. The first-order chi connectivity index (χ1) is 15.2. The van der Waals surface area contributed by atoms with E-state index >= 15 is 0 Å². The number of ether oxygens (including phenoxy) is 2. The molecule has 168 valence electrons. The first kappa shape index (κ1) is 26.3. The average molecular weight is 628 g/mol. The second-order valence-electron chi connectivity index (χ2n) is 7.13. The predicted molar refractivity (Wildman–Crippen MR) is 134 cm³/mol. The molecule has 0 fully saturated rings. The number of Topliss-reactive ketones (excluding diaryl/α,β-unsaturated/α-hetero) is 1. The van der Waals surface area contributed by atoms with E-state index < -0.39 is 5.97 Å². The zero-order valence-electron chi connectivity index (χ0n) is 17.6. The lowest BCUT2D eigenvalue weighted by Gasteiger charge is -2.11. The number of carbonyl (C=O) groups is 2. The molecular weight excluding hydrogens is 606 g/mol. The quantitative estimate of drug-likeness (QED) is 0.111. The number of esters is 1. The molecule has 2 rings (SSSR count). The van der Waals surface area contributed by atoms with E-state index in [1.165, 1.54) is 0 Å². The molecule has 0 amide bonds. The third-order valence-corrected chi connectivity index (χ3v) is 6.32. The molecule has 8 heteroatoms. The van der Waals surface area contributed by atoms with E-state index in [9.17, 15) is 9.59 Å². The Bertz CT molecular complexity index is 1040. The SMILES string of the molecule is C=C(C)C(=O)CCCCCCOc1ccc(C(=O)Oc2c(Br)cc(C#N)cc2Br)cc1Br. The van der Waals surface area contributed by atoms with Gasteiger partial charge in [0, 0.05) is 6.42 Å². The van der Waals surface area contributed by atoms with Crippen molar-refractivity contribution in [1.29, 1.82) is 5.26 Å². The summed E-state index contributed by atoms with van der Waals surface area (Å²) in [6.07, 6.45) is 4.22. The summed E-state index contributed by atoms with van der Waals surface area (Å²) in [5.41, 5.74) is 1.41. The Morgan fingerprint density at radius 3 is 2.25 bits per heavy atom. The molecule has 0 aromatic heterocycles. The van der Waals surface area contributed by atoms with Crippen molar-refractivity contribution >= 4 is 59.5 Å². The van der Waals surface area contributed by atoms with E-state index in [0.717, 1.165) is 25.7 Å². The molecule has 5 nitrogen and oxygen atoms in total. The van der Waals surface area contributed by atoms with Gasteiger partial charge in [0.1, 0.15) is 5.75 Å². The van der Waals surface area contributed by atoms with Crippen molar-refractivity contribution in [3.05, 3.63) is 67.0 Å². The maximum absolute atomic E-state index is 12.6. The maximum Gasteiger partial charge on any atom is 0.343 e. The van der Waals surface area contributed by atoms with Gasteiger partial charge in [-0.15, -0.1) is 0 Å². The summed E-state index contributed by atoms with van der Waals surface area (Å²) in [4.78, 5) is 24.1. The van der Waals surface area contributed by atoms with Gasteiger partial charge in [-0.2, -0.15) is 5.26 Å². The van der Waals surface area contributed by atoms with Crippen molar-refractivity contribution in [3.8, 4) is 17.6 Å². The summed E-state index contributed by atoms with van der Waals surface area (Å²) in [5.74, 6) is 0.533. The highest BCUT2D eigenvalue weighted by molar-refractivity contribution is 9.11. The lowest BCUT2D eigenvalue weighted by molar-refractivity contribution is -0.115. The Balaban J connectivity index is 1.85. The summed E-state index contributed by atoms with van der Waals surface area (Å²) >= 11 is 10.1. The topological polar surface area (TPSA) is 76.4 Å². The lowest BCUT2D eigenvalue weighted by Crippen LogP contribution is -2.10. The van der Waals surface area contributed by atoms with Gasteiger partial charge in [0.2, 0.25) is 0 Å². The Morgan fingerprint density at radius 2 is 1.66 bits per heavy atom. The van der Waals surface area contributed by atoms with E-state index in [1.54, 1.807) is 37.3 Å². The molecule has 0 bridgehead atoms. The Morgan fingerprint density at radius 1 is 1.00 bits per heavy atom. The molecule has 2 aromatic carbocycles. The minimum absolute atomic E-state index is 0.127. The molecule has 0 atom stereocenters. The van der Waals surface area contributed by atoms with E-state index in [-0.39, 0.29) is 5.78 Å². The van der Waals surface area contributed by atoms with E-state index in [4.69, 9.17) is 14.7 Å². The molecule has 0 radical (unpaired) electrons. The molecule has 0 unspecified atom stereocenters. The van der Waals surface area contributed by atoms with Gasteiger partial charge in [0.25, 0.3) is 0 Å². The van der Waals surface area contributed by atoms with Crippen molar-refractivity contribution in [2.24, 2.45) is 0 Å². The van der Waals surface area contributed by atoms with Crippen LogP contribution in [0.2, 0.25) is 0 Å². The number of rotatable bonds is 11. The predicted octanol–water partition coefficient (Wildman–Crippen LogP) is 7.54. The number of hydrogen-bond donors (Lipinski definition) is 0. The number of allylic oxidation sites excluding steroid dienone is 1. The zero-order chi connectivity index (χ0) is 23.7. The number of ketones is 1. The molecule has 0 aliphatic carbocycles.